The third-order valence-corrected chi connectivity index (χ3v) is 7.28. The summed E-state index contributed by atoms with van der Waals surface area (Å²) in [7, 11) is 2.58. The van der Waals surface area contributed by atoms with E-state index in [1.165, 1.54) is 26.7 Å². The molecule has 8 atom stereocenters. The number of carbonyl (C=O) groups is 3. The molecule has 2 saturated carbocycles. The number of esters is 2. The summed E-state index contributed by atoms with van der Waals surface area (Å²) in [6.07, 6.45) is 1.01. The molecule has 0 saturated heterocycles. The van der Waals surface area contributed by atoms with Gasteiger partial charge in [-0.3, -0.25) is 14.4 Å². The van der Waals surface area contributed by atoms with Crippen LogP contribution in [0.1, 0.15) is 44.8 Å². The number of furan rings is 1. The van der Waals surface area contributed by atoms with Gasteiger partial charge >= 0.3 is 11.9 Å². The van der Waals surface area contributed by atoms with Crippen molar-refractivity contribution in [2.24, 2.45) is 35.0 Å². The van der Waals surface area contributed by atoms with Crippen LogP contribution in [0, 0.1) is 35.0 Å². The molecule has 3 rings (SSSR count). The highest BCUT2D eigenvalue weighted by atomic mass is 16.5. The van der Waals surface area contributed by atoms with Crippen LogP contribution in [-0.4, -0.2) is 48.3 Å². The Morgan fingerprint density at radius 2 is 1.93 bits per heavy atom. The third kappa shape index (κ3) is 3.67. The molecule has 1 aromatic rings. The van der Waals surface area contributed by atoms with Gasteiger partial charge in [-0.2, -0.15) is 0 Å². The van der Waals surface area contributed by atoms with Gasteiger partial charge in [0.05, 0.1) is 44.7 Å². The van der Waals surface area contributed by atoms with Crippen molar-refractivity contribution in [3.63, 3.8) is 0 Å². The molecule has 0 radical (unpaired) electrons. The topological polar surface area (TPSA) is 123 Å². The van der Waals surface area contributed by atoms with Crippen LogP contribution >= 0.6 is 0 Å². The second-order valence-electron chi connectivity index (χ2n) is 8.91. The van der Waals surface area contributed by atoms with Gasteiger partial charge in [0.15, 0.2) is 5.78 Å². The summed E-state index contributed by atoms with van der Waals surface area (Å²) in [4.78, 5) is 38.5. The number of hydrogen-bond acceptors (Lipinski definition) is 8. The van der Waals surface area contributed by atoms with Gasteiger partial charge in [0.2, 0.25) is 0 Å². The molecule has 2 unspecified atom stereocenters. The van der Waals surface area contributed by atoms with Crippen molar-refractivity contribution >= 4 is 17.7 Å². The first-order valence-corrected chi connectivity index (χ1v) is 10.2. The van der Waals surface area contributed by atoms with Crippen LogP contribution in [0.3, 0.4) is 0 Å². The molecular weight excluding hydrogens is 392 g/mol. The van der Waals surface area contributed by atoms with Gasteiger partial charge in [-0.25, -0.2) is 0 Å². The molecule has 30 heavy (non-hydrogen) atoms. The lowest BCUT2D eigenvalue weighted by Crippen LogP contribution is -2.60. The number of carbonyl (C=O) groups excluding carboxylic acids is 3. The zero-order valence-electron chi connectivity index (χ0n) is 17.7. The first-order valence-electron chi connectivity index (χ1n) is 10.2. The van der Waals surface area contributed by atoms with Gasteiger partial charge in [0.1, 0.15) is 6.10 Å². The number of ether oxygens (including phenoxy) is 2. The fourth-order valence-corrected chi connectivity index (χ4v) is 5.83. The van der Waals surface area contributed by atoms with E-state index in [9.17, 15) is 24.6 Å². The van der Waals surface area contributed by atoms with Crippen LogP contribution in [0.25, 0.3) is 0 Å². The first kappa shape index (κ1) is 22.5. The van der Waals surface area contributed by atoms with Crippen molar-refractivity contribution in [3.8, 4) is 0 Å². The van der Waals surface area contributed by atoms with E-state index in [4.69, 9.17) is 13.9 Å². The molecular formula is C22H30O8. The van der Waals surface area contributed by atoms with Gasteiger partial charge < -0.3 is 24.1 Å². The Bertz CT molecular complexity index is 787. The Morgan fingerprint density at radius 1 is 1.27 bits per heavy atom. The third-order valence-electron chi connectivity index (χ3n) is 7.28. The van der Waals surface area contributed by atoms with Crippen molar-refractivity contribution in [2.75, 3.05) is 14.2 Å². The summed E-state index contributed by atoms with van der Waals surface area (Å²) in [5.74, 6) is -4.04. The maximum Gasteiger partial charge on any atom is 0.309 e. The molecule has 8 heteroatoms. The maximum absolute atomic E-state index is 13.2. The number of fused-ring (bicyclic) bond motifs is 1. The number of aliphatic hydroxyl groups excluding tert-OH is 2. The first-order chi connectivity index (χ1) is 14.2. The highest BCUT2D eigenvalue weighted by molar-refractivity contribution is 5.90. The molecule has 2 N–H and O–H groups in total. The largest absolute Gasteiger partial charge is 0.472 e. The zero-order valence-corrected chi connectivity index (χ0v) is 17.7. The second kappa shape index (κ2) is 8.51. The predicted octanol–water partition coefficient (Wildman–Crippen LogP) is 1.89. The van der Waals surface area contributed by atoms with E-state index >= 15 is 0 Å². The summed E-state index contributed by atoms with van der Waals surface area (Å²) < 4.78 is 15.1. The molecule has 2 aliphatic carbocycles. The summed E-state index contributed by atoms with van der Waals surface area (Å²) in [5, 5.41) is 21.4. The smallest absolute Gasteiger partial charge is 0.309 e. The number of ketones is 1. The highest BCUT2D eigenvalue weighted by Gasteiger charge is 2.62. The lowest BCUT2D eigenvalue weighted by molar-refractivity contribution is -0.182. The van der Waals surface area contributed by atoms with Crippen molar-refractivity contribution in [1.82, 2.24) is 0 Å². The quantitative estimate of drug-likeness (QED) is 0.690. The van der Waals surface area contributed by atoms with E-state index in [1.54, 1.807) is 13.0 Å². The summed E-state index contributed by atoms with van der Waals surface area (Å²) in [6.45, 7) is 3.67. The van der Waals surface area contributed by atoms with Crippen molar-refractivity contribution in [3.05, 3.63) is 24.2 Å². The number of methoxy groups -OCH3 is 2. The molecule has 8 nitrogen and oxygen atoms in total. The molecule has 1 aromatic heterocycles. The molecule has 2 aliphatic rings. The fourth-order valence-electron chi connectivity index (χ4n) is 5.83. The number of Topliss-reactive ketones (excluding diaryl/α,β-unsaturated/α-hetero) is 1. The zero-order chi connectivity index (χ0) is 22.2. The second-order valence-corrected chi connectivity index (χ2v) is 8.91. The molecule has 0 bridgehead atoms. The Balaban J connectivity index is 2.09. The Kier molecular flexibility index (Phi) is 6.38. The van der Waals surface area contributed by atoms with Gasteiger partial charge in [-0.15, -0.1) is 0 Å². The minimum atomic E-state index is -1.33. The summed E-state index contributed by atoms with van der Waals surface area (Å²) >= 11 is 0. The lowest BCUT2D eigenvalue weighted by atomic mass is 9.47. The Labute approximate surface area is 175 Å². The molecule has 2 fully saturated rings. The van der Waals surface area contributed by atoms with E-state index < -0.39 is 59.0 Å². The molecule has 0 spiro atoms. The van der Waals surface area contributed by atoms with E-state index in [2.05, 4.69) is 0 Å². The van der Waals surface area contributed by atoms with Crippen molar-refractivity contribution < 1.29 is 38.5 Å². The van der Waals surface area contributed by atoms with Gasteiger partial charge in [-0.1, -0.05) is 13.8 Å². The minimum absolute atomic E-state index is 0.000266. The van der Waals surface area contributed by atoms with E-state index in [0.29, 0.717) is 12.0 Å². The number of rotatable bonds is 5. The van der Waals surface area contributed by atoms with Crippen LogP contribution in [0.5, 0.6) is 0 Å². The number of hydrogen-bond donors (Lipinski definition) is 2. The van der Waals surface area contributed by atoms with Crippen LogP contribution in [-0.2, 0) is 23.9 Å². The molecule has 0 aromatic carbocycles. The summed E-state index contributed by atoms with van der Waals surface area (Å²) in [6, 6.07) is 1.62. The average Bonchev–Trinajstić information content (AvgIpc) is 3.26. The SMILES string of the molecule is COC(=O)[C@@H]1C[C@H](O)C(=O)[C@H]2C1[C@@H](C)C[C@@H](C(=O)OC)[C@]2(C)CC(O)c1ccoc1. The van der Waals surface area contributed by atoms with E-state index in [-0.39, 0.29) is 18.8 Å². The van der Waals surface area contributed by atoms with Gasteiger partial charge in [0.25, 0.3) is 0 Å². The van der Waals surface area contributed by atoms with Crippen LogP contribution < -0.4 is 0 Å². The van der Waals surface area contributed by atoms with Crippen LogP contribution in [0.4, 0.5) is 0 Å². The van der Waals surface area contributed by atoms with Gasteiger partial charge in [-0.05, 0) is 42.6 Å². The maximum atomic E-state index is 13.2. The normalized spacial score (nSPS) is 37.2. The average molecular weight is 422 g/mol. The lowest BCUT2D eigenvalue weighted by Gasteiger charge is -2.56. The molecule has 0 aliphatic heterocycles. The van der Waals surface area contributed by atoms with Crippen molar-refractivity contribution in [2.45, 2.75) is 45.3 Å². The fraction of sp³-hybridized carbons (Fsp3) is 0.682. The van der Waals surface area contributed by atoms with Crippen molar-refractivity contribution in [1.29, 1.82) is 0 Å². The predicted molar refractivity (Wildman–Crippen MR) is 104 cm³/mol. The Hall–Kier alpha value is -2.19. The summed E-state index contributed by atoms with van der Waals surface area (Å²) in [5.41, 5.74) is -0.505. The van der Waals surface area contributed by atoms with E-state index in [1.807, 2.05) is 6.92 Å². The standard InChI is InChI=1S/C22H30O8/c1-11-7-14(21(27)29-4)22(2,9-16(24)12-5-6-30-10-12)18-17(11)13(20(26)28-3)8-15(23)19(18)25/h5-6,10-11,13-18,23-24H,7-9H2,1-4H3/t11-,13+,14-,15-,16?,17?,18+,22-/m0/s1. The Morgan fingerprint density at radius 3 is 2.50 bits per heavy atom. The number of aliphatic hydroxyl groups is 2. The molecule has 0 amide bonds. The van der Waals surface area contributed by atoms with Gasteiger partial charge in [0, 0.05) is 11.5 Å². The molecule has 1 heterocycles. The highest BCUT2D eigenvalue weighted by Crippen LogP contribution is 2.59. The van der Waals surface area contributed by atoms with Crippen LogP contribution in [0.15, 0.2) is 23.0 Å². The monoisotopic (exact) mass is 422 g/mol. The van der Waals surface area contributed by atoms with E-state index in [0.717, 1.165) is 0 Å². The minimum Gasteiger partial charge on any atom is -0.472 e. The molecule has 166 valence electrons. The van der Waals surface area contributed by atoms with Crippen LogP contribution in [0.2, 0.25) is 0 Å².